The Bertz CT molecular complexity index is 890. The third-order valence-corrected chi connectivity index (χ3v) is 5.18. The van der Waals surface area contributed by atoms with Crippen LogP contribution in [0.4, 0.5) is 0 Å². The van der Waals surface area contributed by atoms with E-state index in [9.17, 15) is 10.1 Å². The normalized spacial score (nSPS) is 11.4. The fourth-order valence-electron chi connectivity index (χ4n) is 2.59. The molecule has 0 amide bonds. The van der Waals surface area contributed by atoms with Crippen LogP contribution in [-0.2, 0) is 15.3 Å². The summed E-state index contributed by atoms with van der Waals surface area (Å²) in [5.74, 6) is 0.247. The zero-order chi connectivity index (χ0) is 20.0. The van der Waals surface area contributed by atoms with Gasteiger partial charge in [0.1, 0.15) is 11.6 Å². The highest BCUT2D eigenvalue weighted by atomic mass is 32.2. The van der Waals surface area contributed by atoms with Crippen LogP contribution in [0, 0.1) is 32.1 Å². The molecule has 3 nitrogen and oxygen atoms in total. The van der Waals surface area contributed by atoms with E-state index in [1.807, 2.05) is 13.0 Å². The largest absolute Gasteiger partial charge is 0.459 e. The van der Waals surface area contributed by atoms with E-state index in [4.69, 9.17) is 4.74 Å². The van der Waals surface area contributed by atoms with Crippen molar-refractivity contribution in [3.05, 3.63) is 69.8 Å². The number of thioether (sulfide) groups is 1. The van der Waals surface area contributed by atoms with Crippen LogP contribution in [0.5, 0.6) is 0 Å². The second-order valence-electron chi connectivity index (χ2n) is 6.86. The highest BCUT2D eigenvalue weighted by Crippen LogP contribution is 2.27. The molecular weight excluding hydrogens is 354 g/mol. The van der Waals surface area contributed by atoms with Gasteiger partial charge in [0.15, 0.2) is 0 Å². The number of esters is 1. The molecule has 2 aromatic carbocycles. The van der Waals surface area contributed by atoms with Crippen LogP contribution in [0.3, 0.4) is 0 Å². The summed E-state index contributed by atoms with van der Waals surface area (Å²) in [6.07, 6.45) is 1.37. The summed E-state index contributed by atoms with van der Waals surface area (Å²) >= 11 is 1.77. The maximum absolute atomic E-state index is 12.1. The summed E-state index contributed by atoms with van der Waals surface area (Å²) < 4.78 is 5.15. The molecule has 0 aliphatic carbocycles. The van der Waals surface area contributed by atoms with Crippen LogP contribution < -0.4 is 0 Å². The zero-order valence-corrected chi connectivity index (χ0v) is 17.3. The molecule has 140 valence electrons. The van der Waals surface area contributed by atoms with Gasteiger partial charge in [-0.1, -0.05) is 29.8 Å². The molecule has 0 aromatic heterocycles. The van der Waals surface area contributed by atoms with E-state index in [1.54, 1.807) is 31.7 Å². The molecule has 0 fully saturated rings. The number of nitrogens with zero attached hydrogens (tertiary/aromatic N) is 1. The van der Waals surface area contributed by atoms with Gasteiger partial charge < -0.3 is 4.74 Å². The van der Waals surface area contributed by atoms with Gasteiger partial charge in [0, 0.05) is 10.6 Å². The Kier molecular flexibility index (Phi) is 7.27. The summed E-state index contributed by atoms with van der Waals surface area (Å²) in [5.41, 5.74) is 5.56. The van der Waals surface area contributed by atoms with Gasteiger partial charge in [0.25, 0.3) is 0 Å². The number of hydrogen-bond acceptors (Lipinski definition) is 4. The number of carbonyl (C=O) groups is 1. The minimum Gasteiger partial charge on any atom is -0.459 e. The Hall–Kier alpha value is -2.51. The van der Waals surface area contributed by atoms with Gasteiger partial charge in [0.05, 0.1) is 6.10 Å². The van der Waals surface area contributed by atoms with E-state index in [1.165, 1.54) is 21.6 Å². The Morgan fingerprint density at radius 2 is 1.81 bits per heavy atom. The van der Waals surface area contributed by atoms with Gasteiger partial charge in [-0.05, 0) is 75.1 Å². The van der Waals surface area contributed by atoms with Crippen molar-refractivity contribution < 1.29 is 9.53 Å². The molecule has 0 atom stereocenters. The zero-order valence-electron chi connectivity index (χ0n) is 16.5. The summed E-state index contributed by atoms with van der Waals surface area (Å²) in [6, 6.07) is 14.6. The SMILES string of the molecule is Cc1ccc(SCc2cc(C=C(C#N)C(=O)OC(C)C)c(C)cc2C)cc1. The highest BCUT2D eigenvalue weighted by Gasteiger charge is 2.14. The second kappa shape index (κ2) is 9.43. The summed E-state index contributed by atoms with van der Waals surface area (Å²) in [5, 5.41) is 9.34. The summed E-state index contributed by atoms with van der Waals surface area (Å²) in [6.45, 7) is 9.69. The number of benzene rings is 2. The van der Waals surface area contributed by atoms with Crippen molar-refractivity contribution in [2.75, 3.05) is 0 Å². The van der Waals surface area contributed by atoms with Gasteiger partial charge in [-0.15, -0.1) is 11.8 Å². The number of aryl methyl sites for hydroxylation is 3. The molecule has 0 aliphatic heterocycles. The second-order valence-corrected chi connectivity index (χ2v) is 7.91. The van der Waals surface area contributed by atoms with Gasteiger partial charge in [0.2, 0.25) is 0 Å². The van der Waals surface area contributed by atoms with Gasteiger partial charge in [-0.25, -0.2) is 4.79 Å². The minimum absolute atomic E-state index is 0.0211. The predicted octanol–water partition coefficient (Wildman–Crippen LogP) is 5.76. The standard InChI is InChI=1S/C23H25NO2S/c1-15(2)26-23(25)20(13-24)11-19-12-21(18(5)10-17(19)4)14-27-22-8-6-16(3)7-9-22/h6-12,15H,14H2,1-5H3. The number of nitriles is 1. The maximum Gasteiger partial charge on any atom is 0.349 e. The molecule has 0 saturated heterocycles. The van der Waals surface area contributed by atoms with Gasteiger partial charge in [-0.2, -0.15) is 5.26 Å². The van der Waals surface area contributed by atoms with Crippen LogP contribution in [0.1, 0.15) is 41.7 Å². The van der Waals surface area contributed by atoms with Crippen molar-refractivity contribution in [2.24, 2.45) is 0 Å². The molecule has 0 saturated carbocycles. The van der Waals surface area contributed by atoms with Crippen molar-refractivity contribution in [1.82, 2.24) is 0 Å². The molecule has 0 bridgehead atoms. The quantitative estimate of drug-likeness (QED) is 0.277. The van der Waals surface area contributed by atoms with Crippen molar-refractivity contribution in [3.8, 4) is 6.07 Å². The lowest BCUT2D eigenvalue weighted by Crippen LogP contribution is -2.12. The van der Waals surface area contributed by atoms with E-state index >= 15 is 0 Å². The van der Waals surface area contributed by atoms with Crippen LogP contribution in [-0.4, -0.2) is 12.1 Å². The molecule has 27 heavy (non-hydrogen) atoms. The monoisotopic (exact) mass is 379 g/mol. The number of carbonyl (C=O) groups excluding carboxylic acids is 1. The fraction of sp³-hybridized carbons (Fsp3) is 0.304. The minimum atomic E-state index is -0.581. The molecule has 4 heteroatoms. The Morgan fingerprint density at radius 3 is 2.41 bits per heavy atom. The van der Waals surface area contributed by atoms with Crippen molar-refractivity contribution in [3.63, 3.8) is 0 Å². The average molecular weight is 380 g/mol. The molecule has 2 aromatic rings. The first kappa shape index (κ1) is 20.8. The number of rotatable bonds is 6. The highest BCUT2D eigenvalue weighted by molar-refractivity contribution is 7.98. The van der Waals surface area contributed by atoms with Crippen LogP contribution in [0.2, 0.25) is 0 Å². The Labute approximate surface area is 166 Å². The van der Waals surface area contributed by atoms with E-state index < -0.39 is 5.97 Å². The predicted molar refractivity (Wildman–Crippen MR) is 111 cm³/mol. The molecule has 0 aliphatic rings. The number of ether oxygens (including phenoxy) is 1. The fourth-order valence-corrected chi connectivity index (χ4v) is 3.55. The first-order valence-corrected chi connectivity index (χ1v) is 9.91. The molecule has 0 unspecified atom stereocenters. The maximum atomic E-state index is 12.1. The topological polar surface area (TPSA) is 50.1 Å². The Morgan fingerprint density at radius 1 is 1.15 bits per heavy atom. The summed E-state index contributed by atoms with van der Waals surface area (Å²) in [7, 11) is 0. The number of hydrogen-bond donors (Lipinski definition) is 0. The average Bonchev–Trinajstić information content (AvgIpc) is 2.61. The third-order valence-electron chi connectivity index (χ3n) is 4.12. The van der Waals surface area contributed by atoms with E-state index in [0.717, 1.165) is 16.9 Å². The van der Waals surface area contributed by atoms with Crippen molar-refractivity contribution >= 4 is 23.8 Å². The van der Waals surface area contributed by atoms with Crippen molar-refractivity contribution in [2.45, 2.75) is 51.4 Å². The van der Waals surface area contributed by atoms with E-state index in [2.05, 4.69) is 50.2 Å². The summed E-state index contributed by atoms with van der Waals surface area (Å²) in [4.78, 5) is 13.3. The van der Waals surface area contributed by atoms with E-state index in [-0.39, 0.29) is 11.7 Å². The first-order chi connectivity index (χ1) is 12.8. The molecule has 0 radical (unpaired) electrons. The lowest BCUT2D eigenvalue weighted by Gasteiger charge is -2.11. The van der Waals surface area contributed by atoms with Gasteiger partial charge in [-0.3, -0.25) is 0 Å². The molecular formula is C23H25NO2S. The third kappa shape index (κ3) is 6.01. The van der Waals surface area contributed by atoms with Crippen molar-refractivity contribution in [1.29, 1.82) is 5.26 Å². The lowest BCUT2D eigenvalue weighted by molar-refractivity contribution is -0.142. The molecule has 0 N–H and O–H groups in total. The molecule has 0 heterocycles. The van der Waals surface area contributed by atoms with Crippen LogP contribution in [0.15, 0.2) is 46.9 Å². The Balaban J connectivity index is 2.26. The van der Waals surface area contributed by atoms with E-state index in [0.29, 0.717) is 0 Å². The molecule has 2 rings (SSSR count). The van der Waals surface area contributed by atoms with Gasteiger partial charge >= 0.3 is 5.97 Å². The lowest BCUT2D eigenvalue weighted by atomic mass is 9.99. The first-order valence-electron chi connectivity index (χ1n) is 8.92. The smallest absolute Gasteiger partial charge is 0.349 e. The molecule has 0 spiro atoms. The van der Waals surface area contributed by atoms with Crippen LogP contribution >= 0.6 is 11.8 Å². The van der Waals surface area contributed by atoms with Crippen LogP contribution in [0.25, 0.3) is 6.08 Å².